The van der Waals surface area contributed by atoms with Gasteiger partial charge in [-0.05, 0) is 6.42 Å². The molecule has 20 heteroatoms. The molecule has 0 spiro atoms. The van der Waals surface area contributed by atoms with Gasteiger partial charge in [0.2, 0.25) is 0 Å². The van der Waals surface area contributed by atoms with Crippen molar-refractivity contribution >= 4 is 0 Å². The molecule has 1 fully saturated rings. The van der Waals surface area contributed by atoms with E-state index in [1.165, 1.54) is 0 Å². The van der Waals surface area contributed by atoms with Crippen molar-refractivity contribution < 1.29 is 89.2 Å². The van der Waals surface area contributed by atoms with Crippen LogP contribution >= 0.6 is 0 Å². The van der Waals surface area contributed by atoms with Gasteiger partial charge in [0.15, 0.2) is 6.29 Å². The average molecular weight is 548 g/mol. The van der Waals surface area contributed by atoms with Crippen molar-refractivity contribution in [2.24, 2.45) is 0 Å². The number of rotatable bonds is 11. The van der Waals surface area contributed by atoms with E-state index in [-0.39, 0.29) is 0 Å². The fourth-order valence-electron chi connectivity index (χ4n) is 2.16. The third-order valence-electron chi connectivity index (χ3n) is 3.95. The molecule has 1 heterocycles. The molecule has 34 heavy (non-hydrogen) atoms. The van der Waals surface area contributed by atoms with Crippen molar-refractivity contribution in [3.8, 4) is 0 Å². The van der Waals surface area contributed by atoms with Crippen molar-refractivity contribution in [1.82, 2.24) is 0 Å². The van der Waals surface area contributed by atoms with Gasteiger partial charge in [-0.3, -0.25) is 4.74 Å². The molecule has 1 rings (SSSR count). The van der Waals surface area contributed by atoms with Crippen LogP contribution in [0.15, 0.2) is 0 Å². The molecular formula is C14H12F16O4. The first-order valence-electron chi connectivity index (χ1n) is 8.43. The first kappa shape index (κ1) is 30.8. The highest BCUT2D eigenvalue weighted by molar-refractivity contribution is 5.10. The molecule has 1 aliphatic rings. The third-order valence-corrected chi connectivity index (χ3v) is 3.95. The standard InChI is InChI=1S/C14H12F16O4/c15-8(16,2-1-3-31-6-4-32-7(34-6)33-5-9(17,18)19)10(20,21)11(22,23)12(24,25)13(26,27)14(28,29)30/h6-7H,1-5H2. The molecule has 0 saturated carbocycles. The summed E-state index contributed by atoms with van der Waals surface area (Å²) >= 11 is 0. The second-order valence-electron chi connectivity index (χ2n) is 6.59. The summed E-state index contributed by atoms with van der Waals surface area (Å²) in [6.07, 6.45) is -17.8. The lowest BCUT2D eigenvalue weighted by Gasteiger charge is -2.39. The number of alkyl halides is 16. The quantitative estimate of drug-likeness (QED) is 0.243. The second kappa shape index (κ2) is 9.64. The van der Waals surface area contributed by atoms with Crippen LogP contribution < -0.4 is 0 Å². The molecule has 1 saturated heterocycles. The predicted octanol–water partition coefficient (Wildman–Crippen LogP) is 5.76. The van der Waals surface area contributed by atoms with Crippen molar-refractivity contribution in [2.75, 3.05) is 19.8 Å². The predicted molar refractivity (Wildman–Crippen MR) is 72.6 cm³/mol. The van der Waals surface area contributed by atoms with Gasteiger partial charge in [0.1, 0.15) is 13.2 Å². The molecule has 2 atom stereocenters. The highest BCUT2D eigenvalue weighted by Crippen LogP contribution is 2.60. The van der Waals surface area contributed by atoms with E-state index < -0.39 is 87.4 Å². The summed E-state index contributed by atoms with van der Waals surface area (Å²) in [6, 6.07) is 0. The van der Waals surface area contributed by atoms with E-state index >= 15 is 0 Å². The Labute approximate surface area is 178 Å². The van der Waals surface area contributed by atoms with Crippen LogP contribution in [0.4, 0.5) is 70.2 Å². The minimum atomic E-state index is -7.98. The molecule has 0 amide bonds. The number of halogens is 16. The Morgan fingerprint density at radius 3 is 1.62 bits per heavy atom. The molecule has 0 bridgehead atoms. The molecule has 0 aromatic rings. The Morgan fingerprint density at radius 2 is 1.15 bits per heavy atom. The molecule has 0 aromatic carbocycles. The van der Waals surface area contributed by atoms with Gasteiger partial charge >= 0.3 is 42.0 Å². The summed E-state index contributed by atoms with van der Waals surface area (Å²) in [5.74, 6) is -37.3. The van der Waals surface area contributed by atoms with Crippen LogP contribution in [0.1, 0.15) is 12.8 Å². The number of ether oxygens (including phenoxy) is 4. The van der Waals surface area contributed by atoms with Gasteiger partial charge in [-0.2, -0.15) is 70.2 Å². The van der Waals surface area contributed by atoms with E-state index in [1.54, 1.807) is 0 Å². The molecule has 0 aliphatic carbocycles. The Kier molecular flexibility index (Phi) is 8.72. The summed E-state index contributed by atoms with van der Waals surface area (Å²) in [5.41, 5.74) is 0. The topological polar surface area (TPSA) is 36.9 Å². The van der Waals surface area contributed by atoms with Crippen molar-refractivity contribution in [2.45, 2.75) is 67.6 Å². The van der Waals surface area contributed by atoms with Crippen molar-refractivity contribution in [3.05, 3.63) is 0 Å². The van der Waals surface area contributed by atoms with Crippen molar-refractivity contribution in [1.29, 1.82) is 0 Å². The molecule has 1 aliphatic heterocycles. The highest BCUT2D eigenvalue weighted by atomic mass is 19.4. The van der Waals surface area contributed by atoms with Crippen LogP contribution in [-0.2, 0) is 18.9 Å². The Hall–Kier alpha value is -1.28. The van der Waals surface area contributed by atoms with Crippen molar-refractivity contribution in [3.63, 3.8) is 0 Å². The zero-order chi connectivity index (χ0) is 27.0. The van der Waals surface area contributed by atoms with Crippen LogP contribution in [0.25, 0.3) is 0 Å². The minimum absolute atomic E-state index is 0.689. The number of hydrogen-bond donors (Lipinski definition) is 0. The first-order valence-corrected chi connectivity index (χ1v) is 8.43. The monoisotopic (exact) mass is 548 g/mol. The molecule has 4 nitrogen and oxygen atoms in total. The van der Waals surface area contributed by atoms with Crippen LogP contribution in [0.5, 0.6) is 0 Å². The fourth-order valence-corrected chi connectivity index (χ4v) is 2.16. The normalized spacial score (nSPS) is 21.9. The summed E-state index contributed by atoms with van der Waals surface area (Å²) in [6.45, 7) is -5.62. The van der Waals surface area contributed by atoms with Gasteiger partial charge in [-0.1, -0.05) is 0 Å². The Morgan fingerprint density at radius 1 is 0.647 bits per heavy atom. The maximum atomic E-state index is 13.6. The highest BCUT2D eigenvalue weighted by Gasteiger charge is 2.90. The second-order valence-corrected chi connectivity index (χ2v) is 6.59. The summed E-state index contributed by atoms with van der Waals surface area (Å²) in [4.78, 5) is 0. The smallest absolute Gasteiger partial charge is 0.350 e. The van der Waals surface area contributed by atoms with Gasteiger partial charge in [0, 0.05) is 6.42 Å². The van der Waals surface area contributed by atoms with E-state index in [0.717, 1.165) is 0 Å². The zero-order valence-corrected chi connectivity index (χ0v) is 15.9. The largest absolute Gasteiger partial charge is 0.460 e. The van der Waals surface area contributed by atoms with E-state index in [2.05, 4.69) is 18.9 Å². The van der Waals surface area contributed by atoms with Crippen LogP contribution in [0.2, 0.25) is 0 Å². The van der Waals surface area contributed by atoms with Gasteiger partial charge in [0.25, 0.3) is 6.48 Å². The van der Waals surface area contributed by atoms with Gasteiger partial charge < -0.3 is 14.2 Å². The summed E-state index contributed by atoms with van der Waals surface area (Å²) in [7, 11) is 0. The lowest BCUT2D eigenvalue weighted by molar-refractivity contribution is -0.440. The first-order chi connectivity index (χ1) is 14.9. The maximum absolute atomic E-state index is 13.6. The Bertz CT molecular complexity index is 674. The molecule has 0 aromatic heterocycles. The number of hydrogen-bond acceptors (Lipinski definition) is 4. The Balaban J connectivity index is 2.74. The molecule has 2 unspecified atom stereocenters. The van der Waals surface area contributed by atoms with E-state index in [0.29, 0.717) is 0 Å². The lowest BCUT2D eigenvalue weighted by Crippen LogP contribution is -2.70. The summed E-state index contributed by atoms with van der Waals surface area (Å²) in [5, 5.41) is 0. The average Bonchev–Trinajstić information content (AvgIpc) is 3.09. The molecule has 0 N–H and O–H groups in total. The van der Waals surface area contributed by atoms with Crippen LogP contribution in [0, 0.1) is 0 Å². The van der Waals surface area contributed by atoms with Gasteiger partial charge in [0.05, 0.1) is 6.61 Å². The SMILES string of the molecule is FC(F)(F)COC1OCC(OCCCC(F)(F)C(F)(F)C(F)(F)C(F)(F)C(F)(F)C(F)(F)F)O1. The molecular weight excluding hydrogens is 536 g/mol. The zero-order valence-electron chi connectivity index (χ0n) is 15.9. The van der Waals surface area contributed by atoms with E-state index in [4.69, 9.17) is 0 Å². The van der Waals surface area contributed by atoms with E-state index in [1.807, 2.05) is 0 Å². The summed E-state index contributed by atoms with van der Waals surface area (Å²) < 4.78 is 222. The van der Waals surface area contributed by atoms with Gasteiger partial charge in [-0.15, -0.1) is 0 Å². The van der Waals surface area contributed by atoms with E-state index in [9.17, 15) is 70.2 Å². The maximum Gasteiger partial charge on any atom is 0.460 e. The molecule has 204 valence electrons. The minimum Gasteiger partial charge on any atom is -0.350 e. The van der Waals surface area contributed by atoms with Crippen LogP contribution in [0.3, 0.4) is 0 Å². The molecule has 0 radical (unpaired) electrons. The third kappa shape index (κ3) is 6.10. The fraction of sp³-hybridized carbons (Fsp3) is 1.00. The van der Waals surface area contributed by atoms with Crippen LogP contribution in [-0.4, -0.2) is 74.6 Å². The van der Waals surface area contributed by atoms with Gasteiger partial charge in [-0.25, -0.2) is 0 Å². The lowest BCUT2D eigenvalue weighted by atomic mass is 9.92.